The number of ether oxygens (including phenoxy) is 3. The van der Waals surface area contributed by atoms with Gasteiger partial charge in [0.15, 0.2) is 0 Å². The standard InChI is InChI=1S/C21H31NO6/c1-15(2)18(22-20(25)27-14-16-10-7-6-8-11-16)19(24)26-13-9-12-17(23)28-21(3,4)5/h6-8,10-11,15,18H,9,12-14H2,1-5H3,(H,22,25)/t18-/m0/s1. The van der Waals surface area contributed by atoms with Crippen LogP contribution in [-0.2, 0) is 30.4 Å². The third-order valence-corrected chi connectivity index (χ3v) is 3.60. The molecule has 0 aromatic heterocycles. The van der Waals surface area contributed by atoms with Crippen LogP contribution in [0.4, 0.5) is 4.79 Å². The van der Waals surface area contributed by atoms with Crippen LogP contribution in [0.2, 0.25) is 0 Å². The molecule has 0 bridgehead atoms. The summed E-state index contributed by atoms with van der Waals surface area (Å²) in [4.78, 5) is 35.9. The van der Waals surface area contributed by atoms with Gasteiger partial charge in [-0.15, -0.1) is 0 Å². The summed E-state index contributed by atoms with van der Waals surface area (Å²) in [6.07, 6.45) is -0.179. The van der Waals surface area contributed by atoms with Crippen LogP contribution < -0.4 is 5.32 Å². The van der Waals surface area contributed by atoms with E-state index in [4.69, 9.17) is 14.2 Å². The topological polar surface area (TPSA) is 90.9 Å². The van der Waals surface area contributed by atoms with E-state index in [9.17, 15) is 14.4 Å². The van der Waals surface area contributed by atoms with Crippen molar-refractivity contribution in [1.29, 1.82) is 0 Å². The molecular weight excluding hydrogens is 362 g/mol. The summed E-state index contributed by atoms with van der Waals surface area (Å²) in [5.74, 6) is -1.08. The zero-order valence-corrected chi connectivity index (χ0v) is 17.3. The Bertz CT molecular complexity index is 636. The van der Waals surface area contributed by atoms with Gasteiger partial charge in [-0.3, -0.25) is 4.79 Å². The number of rotatable bonds is 9. The van der Waals surface area contributed by atoms with Gasteiger partial charge in [0.1, 0.15) is 18.2 Å². The van der Waals surface area contributed by atoms with Crippen molar-refractivity contribution in [2.24, 2.45) is 5.92 Å². The van der Waals surface area contributed by atoms with Gasteiger partial charge in [-0.2, -0.15) is 0 Å². The molecule has 0 radical (unpaired) electrons. The molecule has 1 aromatic carbocycles. The number of carbonyl (C=O) groups excluding carboxylic acids is 3. The van der Waals surface area contributed by atoms with Crippen LogP contribution in [0.25, 0.3) is 0 Å². The van der Waals surface area contributed by atoms with Crippen LogP contribution in [0, 0.1) is 5.92 Å². The lowest BCUT2D eigenvalue weighted by molar-refractivity contribution is -0.156. The lowest BCUT2D eigenvalue weighted by Gasteiger charge is -2.21. The molecule has 7 nitrogen and oxygen atoms in total. The molecule has 0 saturated heterocycles. The Labute approximate surface area is 166 Å². The Morgan fingerprint density at radius 1 is 1.04 bits per heavy atom. The molecule has 0 saturated carbocycles. The van der Waals surface area contributed by atoms with Gasteiger partial charge in [-0.25, -0.2) is 9.59 Å². The maximum absolute atomic E-state index is 12.3. The number of benzene rings is 1. The van der Waals surface area contributed by atoms with Crippen molar-refractivity contribution in [3.63, 3.8) is 0 Å². The Morgan fingerprint density at radius 2 is 1.68 bits per heavy atom. The number of hydrogen-bond acceptors (Lipinski definition) is 6. The Hall–Kier alpha value is -2.57. The molecule has 0 aliphatic carbocycles. The van der Waals surface area contributed by atoms with Gasteiger partial charge in [-0.05, 0) is 38.7 Å². The molecule has 0 unspecified atom stereocenters. The Morgan fingerprint density at radius 3 is 2.25 bits per heavy atom. The van der Waals surface area contributed by atoms with Gasteiger partial charge in [-0.1, -0.05) is 44.2 Å². The minimum absolute atomic E-state index is 0.0715. The molecule has 1 amide bonds. The molecule has 1 atom stereocenters. The van der Waals surface area contributed by atoms with Crippen molar-refractivity contribution < 1.29 is 28.6 Å². The summed E-state index contributed by atoms with van der Waals surface area (Å²) < 4.78 is 15.5. The summed E-state index contributed by atoms with van der Waals surface area (Å²) in [5.41, 5.74) is 0.309. The van der Waals surface area contributed by atoms with Gasteiger partial charge in [0, 0.05) is 6.42 Å². The largest absolute Gasteiger partial charge is 0.464 e. The third-order valence-electron chi connectivity index (χ3n) is 3.60. The minimum Gasteiger partial charge on any atom is -0.464 e. The molecular formula is C21H31NO6. The summed E-state index contributed by atoms with van der Waals surface area (Å²) in [6.45, 7) is 9.15. The molecule has 28 heavy (non-hydrogen) atoms. The highest BCUT2D eigenvalue weighted by molar-refractivity contribution is 5.81. The summed E-state index contributed by atoms with van der Waals surface area (Å²) in [7, 11) is 0. The second-order valence-corrected chi connectivity index (χ2v) is 7.79. The second-order valence-electron chi connectivity index (χ2n) is 7.79. The summed E-state index contributed by atoms with van der Waals surface area (Å²) in [5, 5.41) is 2.54. The van der Waals surface area contributed by atoms with Gasteiger partial charge in [0.2, 0.25) is 0 Å². The van der Waals surface area contributed by atoms with Gasteiger partial charge < -0.3 is 19.5 Å². The number of esters is 2. The van der Waals surface area contributed by atoms with E-state index in [1.54, 1.807) is 34.6 Å². The predicted molar refractivity (Wildman–Crippen MR) is 104 cm³/mol. The van der Waals surface area contributed by atoms with Crippen LogP contribution >= 0.6 is 0 Å². The maximum atomic E-state index is 12.3. The number of alkyl carbamates (subject to hydrolysis) is 1. The van der Waals surface area contributed by atoms with Gasteiger partial charge in [0.25, 0.3) is 0 Å². The van der Waals surface area contributed by atoms with E-state index in [2.05, 4.69) is 5.32 Å². The predicted octanol–water partition coefficient (Wildman–Crippen LogP) is 3.60. The van der Waals surface area contributed by atoms with Crippen LogP contribution in [0.5, 0.6) is 0 Å². The summed E-state index contributed by atoms with van der Waals surface area (Å²) in [6, 6.07) is 8.42. The first-order valence-electron chi connectivity index (χ1n) is 9.44. The Kier molecular flexibility index (Phi) is 9.48. The lowest BCUT2D eigenvalue weighted by Crippen LogP contribution is -2.45. The number of nitrogens with one attached hydrogen (secondary N) is 1. The summed E-state index contributed by atoms with van der Waals surface area (Å²) >= 11 is 0. The maximum Gasteiger partial charge on any atom is 0.408 e. The fourth-order valence-corrected chi connectivity index (χ4v) is 2.26. The van der Waals surface area contributed by atoms with E-state index in [-0.39, 0.29) is 31.5 Å². The molecule has 156 valence electrons. The van der Waals surface area contributed by atoms with Gasteiger partial charge in [0.05, 0.1) is 6.61 Å². The number of carbonyl (C=O) groups is 3. The quantitative estimate of drug-likeness (QED) is 0.392. The molecule has 1 rings (SSSR count). The average molecular weight is 393 g/mol. The van der Waals surface area contributed by atoms with Crippen LogP contribution in [0.3, 0.4) is 0 Å². The monoisotopic (exact) mass is 393 g/mol. The Balaban J connectivity index is 2.38. The third kappa shape index (κ3) is 9.94. The van der Waals surface area contributed by atoms with Crippen LogP contribution in [-0.4, -0.2) is 36.3 Å². The fraction of sp³-hybridized carbons (Fsp3) is 0.571. The van der Waals surface area contributed by atoms with Crippen molar-refractivity contribution in [2.45, 2.75) is 65.7 Å². The smallest absolute Gasteiger partial charge is 0.408 e. The van der Waals surface area contributed by atoms with Crippen molar-refractivity contribution in [1.82, 2.24) is 5.32 Å². The first kappa shape index (κ1) is 23.5. The van der Waals surface area contributed by atoms with E-state index in [0.717, 1.165) is 5.56 Å². The van der Waals surface area contributed by atoms with E-state index in [1.165, 1.54) is 0 Å². The molecule has 0 aliphatic heterocycles. The lowest BCUT2D eigenvalue weighted by atomic mass is 10.1. The van der Waals surface area contributed by atoms with E-state index < -0.39 is 23.7 Å². The van der Waals surface area contributed by atoms with Crippen molar-refractivity contribution >= 4 is 18.0 Å². The normalized spacial score (nSPS) is 12.2. The van der Waals surface area contributed by atoms with Crippen LogP contribution in [0.1, 0.15) is 53.0 Å². The first-order chi connectivity index (χ1) is 13.1. The SMILES string of the molecule is CC(C)[C@H](NC(=O)OCc1ccccc1)C(=O)OCCCC(=O)OC(C)(C)C. The van der Waals surface area contributed by atoms with E-state index in [1.807, 2.05) is 30.3 Å². The zero-order valence-electron chi connectivity index (χ0n) is 17.3. The van der Waals surface area contributed by atoms with E-state index in [0.29, 0.717) is 6.42 Å². The highest BCUT2D eigenvalue weighted by Gasteiger charge is 2.26. The second kappa shape index (κ2) is 11.3. The van der Waals surface area contributed by atoms with Gasteiger partial charge >= 0.3 is 18.0 Å². The molecule has 0 aliphatic rings. The van der Waals surface area contributed by atoms with Crippen LogP contribution in [0.15, 0.2) is 30.3 Å². The fourth-order valence-electron chi connectivity index (χ4n) is 2.26. The number of hydrogen-bond donors (Lipinski definition) is 1. The van der Waals surface area contributed by atoms with E-state index >= 15 is 0 Å². The highest BCUT2D eigenvalue weighted by atomic mass is 16.6. The van der Waals surface area contributed by atoms with Crippen molar-refractivity contribution in [3.05, 3.63) is 35.9 Å². The first-order valence-corrected chi connectivity index (χ1v) is 9.44. The molecule has 0 spiro atoms. The average Bonchev–Trinajstić information content (AvgIpc) is 2.60. The number of amides is 1. The van der Waals surface area contributed by atoms with Crippen molar-refractivity contribution in [3.8, 4) is 0 Å². The highest BCUT2D eigenvalue weighted by Crippen LogP contribution is 2.10. The molecule has 0 fully saturated rings. The molecule has 0 heterocycles. The molecule has 7 heteroatoms. The molecule has 1 N–H and O–H groups in total. The zero-order chi connectivity index (χ0) is 21.2. The van der Waals surface area contributed by atoms with Crippen molar-refractivity contribution in [2.75, 3.05) is 6.61 Å². The minimum atomic E-state index is -0.829. The molecule has 1 aromatic rings.